The highest BCUT2D eigenvalue weighted by atomic mass is 35.5. The number of carbonyl (C=O) groups excluding carboxylic acids is 1. The number of guanidine groups is 1. The van der Waals surface area contributed by atoms with Crippen LogP contribution in [-0.4, -0.2) is 47.0 Å². The van der Waals surface area contributed by atoms with E-state index < -0.39 is 5.91 Å². The molecule has 6 nitrogen and oxygen atoms in total. The maximum Gasteiger partial charge on any atom is 0.280 e. The van der Waals surface area contributed by atoms with Crippen molar-refractivity contribution in [3.8, 4) is 0 Å². The molecule has 0 bridgehead atoms. The molecule has 2 atom stereocenters. The average molecular weight is 331 g/mol. The standard InChI is InChI=1S/C13H16Cl2N4O2/c1-7-5-19(6-8(2)21-7)13(16)18-12(20)9-3-10(14)17-11(15)4-9/h3-4,7-8H,5-6H2,1-2H3,(H2,16,18,20). The molecule has 1 aliphatic heterocycles. The lowest BCUT2D eigenvalue weighted by Crippen LogP contribution is -2.51. The summed E-state index contributed by atoms with van der Waals surface area (Å²) in [6, 6.07) is 2.80. The predicted molar refractivity (Wildman–Crippen MR) is 81.8 cm³/mol. The van der Waals surface area contributed by atoms with E-state index in [1.165, 1.54) is 12.1 Å². The number of morpholine rings is 1. The number of pyridine rings is 1. The first kappa shape index (κ1) is 16.0. The van der Waals surface area contributed by atoms with Gasteiger partial charge in [-0.25, -0.2) is 4.98 Å². The van der Waals surface area contributed by atoms with E-state index in [1.54, 1.807) is 0 Å². The van der Waals surface area contributed by atoms with Crippen LogP contribution in [0.25, 0.3) is 0 Å². The van der Waals surface area contributed by atoms with Gasteiger partial charge in [-0.2, -0.15) is 4.99 Å². The van der Waals surface area contributed by atoms with Crippen molar-refractivity contribution >= 4 is 35.1 Å². The van der Waals surface area contributed by atoms with Crippen LogP contribution in [0.1, 0.15) is 24.2 Å². The maximum absolute atomic E-state index is 12.1. The molecule has 1 aliphatic rings. The number of hydrogen-bond donors (Lipinski definition) is 1. The first-order valence-electron chi connectivity index (χ1n) is 6.47. The molecule has 1 aromatic rings. The Balaban J connectivity index is 2.15. The summed E-state index contributed by atoms with van der Waals surface area (Å²) in [6.07, 6.45) is 0.0600. The van der Waals surface area contributed by atoms with Crippen LogP contribution >= 0.6 is 23.2 Å². The van der Waals surface area contributed by atoms with E-state index in [9.17, 15) is 4.79 Å². The van der Waals surface area contributed by atoms with Crippen molar-refractivity contribution in [2.24, 2.45) is 10.7 Å². The fourth-order valence-electron chi connectivity index (χ4n) is 2.19. The summed E-state index contributed by atoms with van der Waals surface area (Å²) in [4.78, 5) is 21.6. The van der Waals surface area contributed by atoms with Gasteiger partial charge in [-0.05, 0) is 26.0 Å². The van der Waals surface area contributed by atoms with Crippen molar-refractivity contribution in [3.05, 3.63) is 28.0 Å². The zero-order valence-electron chi connectivity index (χ0n) is 11.7. The normalized spacial score (nSPS) is 23.2. The lowest BCUT2D eigenvalue weighted by atomic mass is 10.2. The van der Waals surface area contributed by atoms with Crippen molar-refractivity contribution in [1.29, 1.82) is 0 Å². The monoisotopic (exact) mass is 330 g/mol. The second kappa shape index (κ2) is 6.60. The van der Waals surface area contributed by atoms with Gasteiger partial charge in [0.15, 0.2) is 5.96 Å². The van der Waals surface area contributed by atoms with E-state index in [2.05, 4.69) is 9.98 Å². The Hall–Kier alpha value is -1.37. The molecule has 1 amide bonds. The molecule has 21 heavy (non-hydrogen) atoms. The molecule has 2 N–H and O–H groups in total. The highest BCUT2D eigenvalue weighted by molar-refractivity contribution is 6.33. The number of amides is 1. The Kier molecular flexibility index (Phi) is 5.03. The van der Waals surface area contributed by atoms with Gasteiger partial charge in [-0.3, -0.25) is 4.79 Å². The SMILES string of the molecule is CC1CN(C(N)=NC(=O)c2cc(Cl)nc(Cl)c2)CC(C)O1. The smallest absolute Gasteiger partial charge is 0.280 e. The molecule has 114 valence electrons. The minimum Gasteiger partial charge on any atom is -0.372 e. The highest BCUT2D eigenvalue weighted by Crippen LogP contribution is 2.16. The largest absolute Gasteiger partial charge is 0.372 e. The molecule has 1 aromatic heterocycles. The van der Waals surface area contributed by atoms with Gasteiger partial charge in [0.2, 0.25) is 0 Å². The number of hydrogen-bond acceptors (Lipinski definition) is 3. The van der Waals surface area contributed by atoms with Crippen LogP contribution in [0.15, 0.2) is 17.1 Å². The first-order chi connectivity index (χ1) is 9.85. The van der Waals surface area contributed by atoms with E-state index >= 15 is 0 Å². The van der Waals surface area contributed by atoms with Crippen LogP contribution in [0.3, 0.4) is 0 Å². The van der Waals surface area contributed by atoms with Crippen LogP contribution in [0.5, 0.6) is 0 Å². The summed E-state index contributed by atoms with van der Waals surface area (Å²) in [5, 5.41) is 0.265. The molecular formula is C13H16Cl2N4O2. The van der Waals surface area contributed by atoms with Crippen LogP contribution < -0.4 is 5.73 Å². The quantitative estimate of drug-likeness (QED) is 0.483. The minimum atomic E-state index is -0.509. The van der Waals surface area contributed by atoms with Crippen LogP contribution in [0, 0.1) is 0 Å². The molecule has 1 fully saturated rings. The molecule has 2 unspecified atom stereocenters. The third-order valence-corrected chi connectivity index (χ3v) is 3.36. The second-order valence-electron chi connectivity index (χ2n) is 4.94. The van der Waals surface area contributed by atoms with Crippen LogP contribution in [0.4, 0.5) is 0 Å². The summed E-state index contributed by atoms with van der Waals surface area (Å²) in [6.45, 7) is 5.07. The molecule has 0 spiro atoms. The molecule has 0 aromatic carbocycles. The number of ether oxygens (including phenoxy) is 1. The lowest BCUT2D eigenvalue weighted by Gasteiger charge is -2.35. The molecule has 8 heteroatoms. The van der Waals surface area contributed by atoms with Gasteiger partial charge in [-0.15, -0.1) is 0 Å². The maximum atomic E-state index is 12.1. The minimum absolute atomic E-state index is 0.0300. The fourth-order valence-corrected chi connectivity index (χ4v) is 2.65. The number of nitrogens with two attached hydrogens (primary N) is 1. The Morgan fingerprint density at radius 1 is 1.33 bits per heavy atom. The molecule has 2 heterocycles. The molecule has 2 rings (SSSR count). The Morgan fingerprint density at radius 2 is 1.86 bits per heavy atom. The number of aromatic nitrogens is 1. The summed E-state index contributed by atoms with van der Waals surface area (Å²) >= 11 is 11.5. The van der Waals surface area contributed by atoms with E-state index in [1.807, 2.05) is 18.7 Å². The number of aliphatic imine (C=N–C) groups is 1. The molecule has 1 saturated heterocycles. The Bertz CT molecular complexity index is 549. The van der Waals surface area contributed by atoms with Gasteiger partial charge in [0, 0.05) is 18.7 Å². The Morgan fingerprint density at radius 3 is 2.38 bits per heavy atom. The summed E-state index contributed by atoms with van der Waals surface area (Å²) in [5.41, 5.74) is 6.15. The van der Waals surface area contributed by atoms with Gasteiger partial charge in [0.05, 0.1) is 12.2 Å². The molecule has 0 saturated carbocycles. The number of carbonyl (C=O) groups is 1. The van der Waals surface area contributed by atoms with Crippen LogP contribution in [0.2, 0.25) is 10.3 Å². The van der Waals surface area contributed by atoms with Gasteiger partial charge in [-0.1, -0.05) is 23.2 Å². The fraction of sp³-hybridized carbons (Fsp3) is 0.462. The van der Waals surface area contributed by atoms with Crippen molar-refractivity contribution in [3.63, 3.8) is 0 Å². The summed E-state index contributed by atoms with van der Waals surface area (Å²) < 4.78 is 5.61. The van der Waals surface area contributed by atoms with Crippen molar-refractivity contribution < 1.29 is 9.53 Å². The first-order valence-corrected chi connectivity index (χ1v) is 7.22. The summed E-state index contributed by atoms with van der Waals surface area (Å²) in [5.74, 6) is -0.350. The molecular weight excluding hydrogens is 315 g/mol. The zero-order chi connectivity index (χ0) is 15.6. The van der Waals surface area contributed by atoms with E-state index in [4.69, 9.17) is 33.7 Å². The van der Waals surface area contributed by atoms with Gasteiger partial charge >= 0.3 is 0 Å². The van der Waals surface area contributed by atoms with Crippen LogP contribution in [-0.2, 0) is 4.74 Å². The summed E-state index contributed by atoms with van der Waals surface area (Å²) in [7, 11) is 0. The highest BCUT2D eigenvalue weighted by Gasteiger charge is 2.24. The third-order valence-electron chi connectivity index (χ3n) is 2.97. The van der Waals surface area contributed by atoms with E-state index in [-0.39, 0.29) is 34.0 Å². The predicted octanol–water partition coefficient (Wildman–Crippen LogP) is 1.95. The number of nitrogens with zero attached hydrogens (tertiary/aromatic N) is 3. The average Bonchev–Trinajstić information content (AvgIpc) is 2.36. The number of halogens is 2. The number of rotatable bonds is 1. The third kappa shape index (κ3) is 4.30. The lowest BCUT2D eigenvalue weighted by molar-refractivity contribution is -0.0483. The zero-order valence-corrected chi connectivity index (χ0v) is 13.2. The Labute approximate surface area is 132 Å². The van der Waals surface area contributed by atoms with E-state index in [0.29, 0.717) is 13.1 Å². The molecule has 0 radical (unpaired) electrons. The van der Waals surface area contributed by atoms with Crippen molar-refractivity contribution in [1.82, 2.24) is 9.88 Å². The second-order valence-corrected chi connectivity index (χ2v) is 5.71. The molecule has 0 aliphatic carbocycles. The van der Waals surface area contributed by atoms with Gasteiger partial charge in [0.1, 0.15) is 10.3 Å². The van der Waals surface area contributed by atoms with E-state index in [0.717, 1.165) is 0 Å². The van der Waals surface area contributed by atoms with Crippen molar-refractivity contribution in [2.45, 2.75) is 26.1 Å². The van der Waals surface area contributed by atoms with Crippen molar-refractivity contribution in [2.75, 3.05) is 13.1 Å². The van der Waals surface area contributed by atoms with Gasteiger partial charge < -0.3 is 15.4 Å². The van der Waals surface area contributed by atoms with Gasteiger partial charge in [0.25, 0.3) is 5.91 Å². The topological polar surface area (TPSA) is 80.8 Å².